The van der Waals surface area contributed by atoms with E-state index in [0.29, 0.717) is 6.42 Å². The molecule has 5 heteroatoms. The maximum Gasteiger partial charge on any atom is 0.281 e. The zero-order valence-electron chi connectivity index (χ0n) is 10.2. The fraction of sp³-hybridized carbons (Fsp3) is 0.667. The highest BCUT2D eigenvalue weighted by atomic mass is 19.1. The van der Waals surface area contributed by atoms with Crippen LogP contribution < -0.4 is 0 Å². The van der Waals surface area contributed by atoms with E-state index >= 15 is 0 Å². The van der Waals surface area contributed by atoms with Gasteiger partial charge in [0.25, 0.3) is 5.60 Å². The molecule has 0 rings (SSSR count). The summed E-state index contributed by atoms with van der Waals surface area (Å²) in [4.78, 5) is 0. The second-order valence-electron chi connectivity index (χ2n) is 3.63. The molecule has 17 heavy (non-hydrogen) atoms. The molecule has 0 aliphatic heterocycles. The van der Waals surface area contributed by atoms with Gasteiger partial charge in [0.15, 0.2) is 5.67 Å². The lowest BCUT2D eigenvalue weighted by Crippen LogP contribution is -2.50. The molecular weight excluding hydrogens is 223 g/mol. The van der Waals surface area contributed by atoms with Gasteiger partial charge in [-0.3, -0.25) is 0 Å². The van der Waals surface area contributed by atoms with Crippen molar-refractivity contribution >= 4 is 0 Å². The van der Waals surface area contributed by atoms with Gasteiger partial charge in [0.2, 0.25) is 0 Å². The van der Waals surface area contributed by atoms with Gasteiger partial charge in [-0.2, -0.15) is 10.5 Å². The Hall–Kier alpha value is -1.43. The molecule has 0 unspecified atom stereocenters. The van der Waals surface area contributed by atoms with Crippen molar-refractivity contribution in [1.29, 1.82) is 10.5 Å². The molecule has 4 nitrogen and oxygen atoms in total. The smallest absolute Gasteiger partial charge is 0.281 e. The minimum Gasteiger partial charge on any atom is -0.359 e. The lowest BCUT2D eigenvalue weighted by Gasteiger charge is -2.32. The topological polar surface area (TPSA) is 66.0 Å². The summed E-state index contributed by atoms with van der Waals surface area (Å²) in [6.45, 7) is 4.92. The Morgan fingerprint density at radius 2 is 2.00 bits per heavy atom. The van der Waals surface area contributed by atoms with E-state index in [2.05, 4.69) is 11.3 Å². The molecule has 0 radical (unpaired) electrons. The molecule has 0 aromatic heterocycles. The Labute approximate surface area is 101 Å². The zero-order valence-corrected chi connectivity index (χ0v) is 10.2. The predicted molar refractivity (Wildman–Crippen MR) is 60.5 cm³/mol. The molecule has 1 atom stereocenters. The molecule has 0 spiro atoms. The van der Waals surface area contributed by atoms with Crippen LogP contribution in [-0.4, -0.2) is 25.2 Å². The Bertz CT molecular complexity index is 318. The van der Waals surface area contributed by atoms with E-state index in [-0.39, 0.29) is 13.2 Å². The third kappa shape index (κ3) is 3.26. The van der Waals surface area contributed by atoms with Crippen LogP contribution in [0.15, 0.2) is 12.7 Å². The Kier molecular flexibility index (Phi) is 6.42. The summed E-state index contributed by atoms with van der Waals surface area (Å²) in [5.74, 6) is 0. The number of ether oxygens (including phenoxy) is 2. The summed E-state index contributed by atoms with van der Waals surface area (Å²) >= 11 is 0. The summed E-state index contributed by atoms with van der Waals surface area (Å²) in [6.07, 6.45) is 2.25. The first-order chi connectivity index (χ1) is 8.05. The lowest BCUT2D eigenvalue weighted by molar-refractivity contribution is -0.128. The van der Waals surface area contributed by atoms with Gasteiger partial charge >= 0.3 is 0 Å². The van der Waals surface area contributed by atoms with Crippen molar-refractivity contribution in [3.8, 4) is 12.1 Å². The number of methoxy groups -OCH3 is 1. The maximum atomic E-state index is 14.6. The minimum absolute atomic E-state index is 0.0117. The molecule has 0 N–H and O–H groups in total. The number of alkyl halides is 1. The van der Waals surface area contributed by atoms with E-state index in [0.717, 1.165) is 12.5 Å². The van der Waals surface area contributed by atoms with Crippen LogP contribution in [0.4, 0.5) is 4.39 Å². The number of unbranched alkanes of at least 4 members (excludes halogenated alkanes) is 1. The van der Waals surface area contributed by atoms with Crippen LogP contribution in [0.25, 0.3) is 0 Å². The van der Waals surface area contributed by atoms with Crippen molar-refractivity contribution in [3.63, 3.8) is 0 Å². The minimum atomic E-state index is -2.21. The van der Waals surface area contributed by atoms with Gasteiger partial charge in [0.1, 0.15) is 18.9 Å². The first-order valence-corrected chi connectivity index (χ1v) is 5.33. The molecule has 0 saturated heterocycles. The van der Waals surface area contributed by atoms with Crippen LogP contribution in [0, 0.1) is 22.7 Å². The van der Waals surface area contributed by atoms with E-state index < -0.39 is 11.3 Å². The van der Waals surface area contributed by atoms with Crippen LogP contribution in [0.5, 0.6) is 0 Å². The van der Waals surface area contributed by atoms with Crippen molar-refractivity contribution in [1.82, 2.24) is 0 Å². The number of hydrogen-bond donors (Lipinski definition) is 0. The molecule has 94 valence electrons. The van der Waals surface area contributed by atoms with Crippen LogP contribution in [0.1, 0.15) is 26.2 Å². The van der Waals surface area contributed by atoms with E-state index in [9.17, 15) is 4.39 Å². The molecule has 0 aromatic rings. The quantitative estimate of drug-likeness (QED) is 0.483. The number of nitriles is 2. The number of halogens is 1. The fourth-order valence-corrected chi connectivity index (χ4v) is 1.40. The average Bonchev–Trinajstić information content (AvgIpc) is 2.38. The van der Waals surface area contributed by atoms with Crippen molar-refractivity contribution in [3.05, 3.63) is 12.7 Å². The van der Waals surface area contributed by atoms with Crippen LogP contribution in [0.3, 0.4) is 0 Å². The lowest BCUT2D eigenvalue weighted by atomic mass is 9.82. The molecule has 0 saturated carbocycles. The maximum absolute atomic E-state index is 14.6. The second-order valence-corrected chi connectivity index (χ2v) is 3.63. The van der Waals surface area contributed by atoms with Gasteiger partial charge in [-0.05, 0) is 12.5 Å². The van der Waals surface area contributed by atoms with Crippen LogP contribution >= 0.6 is 0 Å². The molecule has 0 bridgehead atoms. The third-order valence-corrected chi connectivity index (χ3v) is 2.51. The van der Waals surface area contributed by atoms with Gasteiger partial charge in [-0.25, -0.2) is 4.39 Å². The molecule has 0 fully saturated rings. The summed E-state index contributed by atoms with van der Waals surface area (Å²) < 4.78 is 24.2. The van der Waals surface area contributed by atoms with Gasteiger partial charge in [-0.1, -0.05) is 26.3 Å². The van der Waals surface area contributed by atoms with E-state index in [4.69, 9.17) is 15.3 Å². The van der Waals surface area contributed by atoms with Crippen molar-refractivity contribution in [2.75, 3.05) is 13.9 Å². The van der Waals surface area contributed by atoms with Crippen LogP contribution in [0.2, 0.25) is 0 Å². The van der Waals surface area contributed by atoms with Gasteiger partial charge < -0.3 is 9.47 Å². The number of nitrogens with zero attached hydrogens (tertiary/aromatic N) is 2. The summed E-state index contributed by atoms with van der Waals surface area (Å²) in [5.41, 5.74) is -4.41. The highest BCUT2D eigenvalue weighted by Gasteiger charge is 2.53. The predicted octanol–water partition coefficient (Wildman–Crippen LogP) is 2.48. The van der Waals surface area contributed by atoms with Crippen molar-refractivity contribution < 1.29 is 13.9 Å². The Balaban J connectivity index is 5.18. The summed E-state index contributed by atoms with van der Waals surface area (Å²) in [6, 6.07) is 3.18. The Morgan fingerprint density at radius 1 is 1.41 bits per heavy atom. The SMILES string of the molecule is C=C[C@](F)(CCCC)C(C#N)(C#N)OCOC. The molecule has 0 aromatic carbocycles. The monoisotopic (exact) mass is 240 g/mol. The average molecular weight is 240 g/mol. The highest BCUT2D eigenvalue weighted by Crippen LogP contribution is 2.35. The summed E-state index contributed by atoms with van der Waals surface area (Å²) in [7, 11) is 1.33. The Morgan fingerprint density at radius 3 is 2.35 bits per heavy atom. The molecule has 0 amide bonds. The normalized spacial score (nSPS) is 14.4. The molecule has 0 heterocycles. The van der Waals surface area contributed by atoms with Crippen molar-refractivity contribution in [2.45, 2.75) is 37.5 Å². The number of hydrogen-bond acceptors (Lipinski definition) is 4. The van der Waals surface area contributed by atoms with Gasteiger partial charge in [-0.15, -0.1) is 0 Å². The molecule has 0 aliphatic rings. The van der Waals surface area contributed by atoms with E-state index in [1.54, 1.807) is 12.1 Å². The van der Waals surface area contributed by atoms with Crippen LogP contribution in [-0.2, 0) is 9.47 Å². The summed E-state index contributed by atoms with van der Waals surface area (Å²) in [5, 5.41) is 18.1. The first kappa shape index (κ1) is 15.6. The highest BCUT2D eigenvalue weighted by molar-refractivity contribution is 5.31. The largest absolute Gasteiger partial charge is 0.359 e. The van der Waals surface area contributed by atoms with Crippen molar-refractivity contribution in [2.24, 2.45) is 0 Å². The third-order valence-electron chi connectivity index (χ3n) is 2.51. The zero-order chi connectivity index (χ0) is 13.4. The van der Waals surface area contributed by atoms with E-state index in [1.807, 2.05) is 6.92 Å². The molecular formula is C12H17FN2O2. The van der Waals surface area contributed by atoms with E-state index in [1.165, 1.54) is 7.11 Å². The second kappa shape index (κ2) is 7.01. The van der Waals surface area contributed by atoms with Gasteiger partial charge in [0, 0.05) is 7.11 Å². The van der Waals surface area contributed by atoms with Gasteiger partial charge in [0.05, 0.1) is 0 Å². The molecule has 0 aliphatic carbocycles. The number of rotatable bonds is 8. The fourth-order valence-electron chi connectivity index (χ4n) is 1.40. The first-order valence-electron chi connectivity index (χ1n) is 5.33. The standard InChI is InChI=1S/C12H17FN2O2/c1-4-6-7-11(13,5-2)12(8-14,9-15)17-10-16-3/h5H,2,4,6-7,10H2,1,3H3/t11-/m0/s1.